The van der Waals surface area contributed by atoms with Gasteiger partial charge in [0.15, 0.2) is 5.82 Å². The van der Waals surface area contributed by atoms with E-state index in [9.17, 15) is 9.59 Å². The highest BCUT2D eigenvalue weighted by Gasteiger charge is 2.20. The van der Waals surface area contributed by atoms with Gasteiger partial charge in [0.25, 0.3) is 0 Å². The van der Waals surface area contributed by atoms with Gasteiger partial charge in [0.05, 0.1) is 23.7 Å². The van der Waals surface area contributed by atoms with E-state index in [1.165, 1.54) is 7.11 Å². The van der Waals surface area contributed by atoms with Crippen LogP contribution >= 0.6 is 11.8 Å². The Morgan fingerprint density at radius 2 is 1.89 bits per heavy atom. The molecule has 35 heavy (non-hydrogen) atoms. The molecule has 3 aromatic carbocycles. The Morgan fingerprint density at radius 3 is 2.60 bits per heavy atom. The predicted octanol–water partition coefficient (Wildman–Crippen LogP) is 5.24. The number of nitrogens with one attached hydrogen (secondary N) is 1. The van der Waals surface area contributed by atoms with Crippen LogP contribution in [0.15, 0.2) is 74.9 Å². The molecule has 0 saturated carbocycles. The van der Waals surface area contributed by atoms with Crippen molar-refractivity contribution in [1.82, 2.24) is 19.7 Å². The number of benzene rings is 3. The van der Waals surface area contributed by atoms with Crippen LogP contribution in [0.25, 0.3) is 39.2 Å². The average Bonchev–Trinajstić information content (AvgIpc) is 3.45. The molecule has 9 heteroatoms. The Hall–Kier alpha value is -4.11. The molecule has 2 heterocycles. The summed E-state index contributed by atoms with van der Waals surface area (Å²) in [6, 6.07) is 19.3. The molecule has 5 rings (SSSR count). The minimum Gasteiger partial charge on any atom is -0.465 e. The lowest BCUT2D eigenvalue weighted by Gasteiger charge is -2.16. The highest BCUT2D eigenvalue weighted by molar-refractivity contribution is 7.99. The number of hydrogen-bond donors (Lipinski definition) is 1. The molecule has 0 unspecified atom stereocenters. The first kappa shape index (κ1) is 22.7. The minimum atomic E-state index is -0.600. The van der Waals surface area contributed by atoms with E-state index in [-0.39, 0.29) is 0 Å². The Balaban J connectivity index is 1.71. The van der Waals surface area contributed by atoms with Gasteiger partial charge in [-0.2, -0.15) is 0 Å². The molecule has 176 valence electrons. The number of methoxy groups -OCH3 is 1. The van der Waals surface area contributed by atoms with Gasteiger partial charge in [-0.15, -0.1) is 11.8 Å². The number of fused-ring (bicyclic) bond motifs is 1. The summed E-state index contributed by atoms with van der Waals surface area (Å²) in [5.74, 6) is 0.985. The average molecular weight is 487 g/mol. The molecular formula is C26H22N4O4S. The van der Waals surface area contributed by atoms with Crippen LogP contribution in [0.3, 0.4) is 0 Å². The van der Waals surface area contributed by atoms with Crippen molar-refractivity contribution < 1.29 is 14.1 Å². The zero-order valence-electron chi connectivity index (χ0n) is 19.4. The first-order chi connectivity index (χ1) is 17.0. The normalized spacial score (nSPS) is 11.2. The van der Waals surface area contributed by atoms with Crippen molar-refractivity contribution in [3.05, 3.63) is 82.6 Å². The van der Waals surface area contributed by atoms with Gasteiger partial charge < -0.3 is 4.74 Å². The van der Waals surface area contributed by atoms with E-state index in [2.05, 4.69) is 28.1 Å². The number of nitrogens with zero attached hydrogens (tertiary/aromatic N) is 3. The van der Waals surface area contributed by atoms with Crippen molar-refractivity contribution in [2.75, 3.05) is 12.9 Å². The lowest BCUT2D eigenvalue weighted by molar-refractivity contribution is 0.0602. The van der Waals surface area contributed by atoms with E-state index in [0.29, 0.717) is 16.9 Å². The fourth-order valence-corrected chi connectivity index (χ4v) is 5.10. The molecule has 0 aliphatic heterocycles. The molecular weight excluding hydrogens is 464 g/mol. The van der Waals surface area contributed by atoms with Gasteiger partial charge in [0.1, 0.15) is 5.82 Å². The van der Waals surface area contributed by atoms with Crippen molar-refractivity contribution in [2.24, 2.45) is 0 Å². The smallest absolute Gasteiger partial charge is 0.439 e. The van der Waals surface area contributed by atoms with E-state index in [1.54, 1.807) is 23.9 Å². The van der Waals surface area contributed by atoms with E-state index >= 15 is 0 Å². The van der Waals surface area contributed by atoms with Crippen molar-refractivity contribution >= 4 is 28.8 Å². The highest BCUT2D eigenvalue weighted by atomic mass is 32.2. The third-order valence-electron chi connectivity index (χ3n) is 5.69. The first-order valence-electron chi connectivity index (χ1n) is 11.0. The fourth-order valence-electron chi connectivity index (χ4n) is 4.25. The van der Waals surface area contributed by atoms with Crippen LogP contribution < -0.4 is 5.76 Å². The van der Waals surface area contributed by atoms with Crippen LogP contribution in [-0.4, -0.2) is 38.5 Å². The number of thioether (sulfide) groups is 1. The zero-order chi connectivity index (χ0) is 24.5. The summed E-state index contributed by atoms with van der Waals surface area (Å²) < 4.78 is 11.7. The number of carbonyl (C=O) groups is 1. The predicted molar refractivity (Wildman–Crippen MR) is 135 cm³/mol. The van der Waals surface area contributed by atoms with E-state index in [0.717, 1.165) is 44.4 Å². The van der Waals surface area contributed by atoms with Crippen LogP contribution in [0.1, 0.15) is 23.1 Å². The summed E-state index contributed by atoms with van der Waals surface area (Å²) in [6.45, 7) is 4.01. The second-order valence-corrected chi connectivity index (χ2v) is 9.07. The van der Waals surface area contributed by atoms with Gasteiger partial charge >= 0.3 is 11.7 Å². The molecule has 0 saturated heterocycles. The Labute approximate surface area is 204 Å². The number of H-pyrrole nitrogens is 1. The zero-order valence-corrected chi connectivity index (χ0v) is 20.2. The van der Waals surface area contributed by atoms with Crippen LogP contribution in [0, 0.1) is 6.92 Å². The largest absolute Gasteiger partial charge is 0.465 e. The number of imidazole rings is 1. The summed E-state index contributed by atoms with van der Waals surface area (Å²) in [5, 5.41) is 3.88. The van der Waals surface area contributed by atoms with Crippen molar-refractivity contribution in [1.29, 1.82) is 0 Å². The lowest BCUT2D eigenvalue weighted by Crippen LogP contribution is -2.06. The molecule has 5 aromatic rings. The molecule has 8 nitrogen and oxygen atoms in total. The summed E-state index contributed by atoms with van der Waals surface area (Å²) in [6.07, 6.45) is 0. The number of carbonyl (C=O) groups excluding carboxylic acids is 1. The summed E-state index contributed by atoms with van der Waals surface area (Å²) in [5.41, 5.74) is 5.45. The number of rotatable bonds is 6. The Kier molecular flexibility index (Phi) is 6.00. The number of esters is 1. The number of ether oxygens (including phenoxy) is 1. The molecule has 2 aromatic heterocycles. The Bertz CT molecular complexity index is 1620. The van der Waals surface area contributed by atoms with Crippen LogP contribution in [0.2, 0.25) is 0 Å². The molecule has 0 amide bonds. The molecule has 0 bridgehead atoms. The van der Waals surface area contributed by atoms with E-state index < -0.39 is 11.7 Å². The summed E-state index contributed by atoms with van der Waals surface area (Å²) in [4.78, 5) is 32.4. The van der Waals surface area contributed by atoms with Gasteiger partial charge in [0, 0.05) is 16.1 Å². The summed E-state index contributed by atoms with van der Waals surface area (Å²) in [7, 11) is 1.37. The standard InChI is InChI=1S/C26H22N4O4S/c1-4-35-22-14-16(30-15(2)27-21-11-7-10-20(23(21)30)25(31)33-3)12-13-18(22)17-8-5-6-9-19(17)24-28-26(32)34-29-24/h5-14H,4H2,1-3H3,(H,28,29,32). The second-order valence-electron chi connectivity index (χ2n) is 7.76. The van der Waals surface area contributed by atoms with Crippen molar-refractivity contribution in [3.63, 3.8) is 0 Å². The fraction of sp³-hybridized carbons (Fsp3) is 0.154. The van der Waals surface area contributed by atoms with Gasteiger partial charge in [-0.05, 0) is 48.1 Å². The number of aromatic nitrogens is 4. The third-order valence-corrected chi connectivity index (χ3v) is 6.62. The quantitative estimate of drug-likeness (QED) is 0.258. The maximum absolute atomic E-state index is 12.5. The van der Waals surface area contributed by atoms with Gasteiger partial charge in [-0.25, -0.2) is 14.6 Å². The molecule has 0 atom stereocenters. The van der Waals surface area contributed by atoms with E-state index in [4.69, 9.17) is 9.26 Å². The molecule has 0 aliphatic carbocycles. The monoisotopic (exact) mass is 486 g/mol. The topological polar surface area (TPSA) is 103 Å². The number of aryl methyl sites for hydroxylation is 1. The van der Waals surface area contributed by atoms with Crippen LogP contribution in [-0.2, 0) is 4.74 Å². The number of para-hydroxylation sites is 1. The van der Waals surface area contributed by atoms with Crippen LogP contribution in [0.4, 0.5) is 0 Å². The highest BCUT2D eigenvalue weighted by Crippen LogP contribution is 2.38. The minimum absolute atomic E-state index is 0.376. The van der Waals surface area contributed by atoms with Gasteiger partial charge in [-0.1, -0.05) is 48.5 Å². The maximum atomic E-state index is 12.5. The van der Waals surface area contributed by atoms with Crippen molar-refractivity contribution in [2.45, 2.75) is 18.7 Å². The van der Waals surface area contributed by atoms with Gasteiger partial charge in [-0.3, -0.25) is 14.1 Å². The molecule has 0 aliphatic rings. The SMILES string of the molecule is CCSc1cc(-n2c(C)nc3cccc(C(=O)OC)c32)ccc1-c1ccccc1-c1noc(=O)[nH]1. The maximum Gasteiger partial charge on any atom is 0.439 e. The number of aromatic amines is 1. The second kappa shape index (κ2) is 9.27. The Morgan fingerprint density at radius 1 is 1.09 bits per heavy atom. The molecule has 0 spiro atoms. The summed E-state index contributed by atoms with van der Waals surface area (Å²) >= 11 is 1.70. The van der Waals surface area contributed by atoms with Gasteiger partial charge in [0.2, 0.25) is 0 Å². The number of hydrogen-bond acceptors (Lipinski definition) is 7. The van der Waals surface area contributed by atoms with Crippen molar-refractivity contribution in [3.8, 4) is 28.2 Å². The molecule has 0 radical (unpaired) electrons. The van der Waals surface area contributed by atoms with E-state index in [1.807, 2.05) is 54.0 Å². The molecule has 0 fully saturated rings. The third kappa shape index (κ3) is 4.04. The first-order valence-corrected chi connectivity index (χ1v) is 12.0. The van der Waals surface area contributed by atoms with Crippen LogP contribution in [0.5, 0.6) is 0 Å². The lowest BCUT2D eigenvalue weighted by atomic mass is 9.99. The molecule has 1 N–H and O–H groups in total.